The maximum Gasteiger partial charge on any atom is 0.387 e. The van der Waals surface area contributed by atoms with Crippen LogP contribution in [0.25, 0.3) is 0 Å². The lowest BCUT2D eigenvalue weighted by molar-refractivity contribution is -0.0500. The van der Waals surface area contributed by atoms with Gasteiger partial charge in [-0.25, -0.2) is 4.79 Å². The fourth-order valence-corrected chi connectivity index (χ4v) is 1.05. The Kier molecular flexibility index (Phi) is 3.56. The molecule has 0 aromatic heterocycles. The number of halogens is 2. The molecule has 0 saturated heterocycles. The zero-order valence-electron chi connectivity index (χ0n) is 7.48. The topological polar surface area (TPSA) is 66.8 Å². The number of ether oxygens (including phenoxy) is 1. The summed E-state index contributed by atoms with van der Waals surface area (Å²) in [7, 11) is 0. The fraction of sp³-hybridized carbons (Fsp3) is 0.222. The van der Waals surface area contributed by atoms with Gasteiger partial charge in [0.1, 0.15) is 5.75 Å². The second-order valence-corrected chi connectivity index (χ2v) is 2.71. The van der Waals surface area contributed by atoms with Gasteiger partial charge in [0, 0.05) is 0 Å². The minimum absolute atomic E-state index is 0.200. The molecule has 6 heteroatoms. The summed E-state index contributed by atoms with van der Waals surface area (Å²) in [4.78, 5) is 10.6. The summed E-state index contributed by atoms with van der Waals surface area (Å²) in [5.74, 6) is -1.56. The number of carbonyl (C=O) groups is 1. The molecule has 4 nitrogen and oxygen atoms in total. The first kappa shape index (κ1) is 11.4. The van der Waals surface area contributed by atoms with Gasteiger partial charge in [0.2, 0.25) is 0 Å². The molecule has 1 aromatic carbocycles. The number of aromatic carboxylic acids is 1. The predicted molar refractivity (Wildman–Crippen MR) is 46.0 cm³/mol. The predicted octanol–water partition coefficient (Wildman–Crippen LogP) is 1.48. The van der Waals surface area contributed by atoms with Crippen LogP contribution in [0.4, 0.5) is 8.78 Å². The molecular formula is C9H8F2O4. The van der Waals surface area contributed by atoms with Crippen molar-refractivity contribution in [3.05, 3.63) is 29.3 Å². The van der Waals surface area contributed by atoms with E-state index in [1.807, 2.05) is 0 Å². The number of rotatable bonds is 4. The summed E-state index contributed by atoms with van der Waals surface area (Å²) in [6, 6.07) is 3.30. The second-order valence-electron chi connectivity index (χ2n) is 2.71. The van der Waals surface area contributed by atoms with E-state index in [0.717, 1.165) is 12.1 Å². The van der Waals surface area contributed by atoms with Crippen molar-refractivity contribution in [1.82, 2.24) is 0 Å². The van der Waals surface area contributed by atoms with Crippen molar-refractivity contribution < 1.29 is 28.5 Å². The average Bonchev–Trinajstić information content (AvgIpc) is 2.16. The number of benzene rings is 1. The third kappa shape index (κ3) is 3.17. The van der Waals surface area contributed by atoms with E-state index in [0.29, 0.717) is 0 Å². The molecule has 0 bridgehead atoms. The number of alkyl halides is 2. The molecule has 0 spiro atoms. The normalized spacial score (nSPS) is 10.4. The largest absolute Gasteiger partial charge is 0.478 e. The van der Waals surface area contributed by atoms with Gasteiger partial charge in [-0.3, -0.25) is 0 Å². The molecule has 0 atom stereocenters. The number of hydrogen-bond donors (Lipinski definition) is 2. The summed E-state index contributed by atoms with van der Waals surface area (Å²) in [6.07, 6.45) is 0. The quantitative estimate of drug-likeness (QED) is 0.803. The summed E-state index contributed by atoms with van der Waals surface area (Å²) in [5.41, 5.74) is -0.0113. The van der Waals surface area contributed by atoms with E-state index >= 15 is 0 Å². The molecular weight excluding hydrogens is 210 g/mol. The Hall–Kier alpha value is -1.69. The van der Waals surface area contributed by atoms with E-state index in [-0.39, 0.29) is 16.9 Å². The Morgan fingerprint density at radius 2 is 2.07 bits per heavy atom. The molecule has 15 heavy (non-hydrogen) atoms. The highest BCUT2D eigenvalue weighted by atomic mass is 19.3. The minimum atomic E-state index is -3.03. The SMILES string of the molecule is O=C(O)c1cc(CO)cc(OC(F)F)c1. The number of carboxylic acids is 1. The molecule has 0 fully saturated rings. The Morgan fingerprint density at radius 3 is 2.53 bits per heavy atom. The molecule has 0 amide bonds. The Balaban J connectivity index is 3.05. The van der Waals surface area contributed by atoms with E-state index in [9.17, 15) is 13.6 Å². The van der Waals surface area contributed by atoms with Gasteiger partial charge in [-0.05, 0) is 23.8 Å². The van der Waals surface area contributed by atoms with Crippen LogP contribution in [0, 0.1) is 0 Å². The summed E-state index contributed by atoms with van der Waals surface area (Å²) < 4.78 is 27.8. The van der Waals surface area contributed by atoms with Gasteiger partial charge >= 0.3 is 12.6 Å². The van der Waals surface area contributed by atoms with Crippen LogP contribution in [-0.2, 0) is 6.61 Å². The highest BCUT2D eigenvalue weighted by molar-refractivity contribution is 5.88. The Bertz CT molecular complexity index is 365. The lowest BCUT2D eigenvalue weighted by atomic mass is 10.1. The van der Waals surface area contributed by atoms with Crippen molar-refractivity contribution in [3.63, 3.8) is 0 Å². The third-order valence-electron chi connectivity index (χ3n) is 1.62. The number of carboxylic acid groups (broad SMARTS) is 1. The van der Waals surface area contributed by atoms with Crippen LogP contribution in [0.2, 0.25) is 0 Å². The summed E-state index contributed by atoms with van der Waals surface area (Å²) >= 11 is 0. The van der Waals surface area contributed by atoms with Gasteiger partial charge in [0.05, 0.1) is 12.2 Å². The molecule has 0 aliphatic heterocycles. The van der Waals surface area contributed by atoms with E-state index in [2.05, 4.69) is 4.74 Å². The lowest BCUT2D eigenvalue weighted by Crippen LogP contribution is -2.05. The van der Waals surface area contributed by atoms with Crippen molar-refractivity contribution in [2.45, 2.75) is 13.2 Å². The highest BCUT2D eigenvalue weighted by Gasteiger charge is 2.10. The van der Waals surface area contributed by atoms with Crippen molar-refractivity contribution in [1.29, 1.82) is 0 Å². The highest BCUT2D eigenvalue weighted by Crippen LogP contribution is 2.19. The van der Waals surface area contributed by atoms with Crippen LogP contribution in [0.15, 0.2) is 18.2 Å². The van der Waals surface area contributed by atoms with E-state index in [1.165, 1.54) is 6.07 Å². The average molecular weight is 218 g/mol. The summed E-state index contributed by atoms with van der Waals surface area (Å²) in [5, 5.41) is 17.4. The van der Waals surface area contributed by atoms with Crippen LogP contribution in [-0.4, -0.2) is 22.8 Å². The minimum Gasteiger partial charge on any atom is -0.478 e. The molecule has 1 aromatic rings. The van der Waals surface area contributed by atoms with Crippen molar-refractivity contribution in [3.8, 4) is 5.75 Å². The van der Waals surface area contributed by atoms with Crippen LogP contribution < -0.4 is 4.74 Å². The zero-order valence-corrected chi connectivity index (χ0v) is 7.48. The van der Waals surface area contributed by atoms with Gasteiger partial charge in [0.15, 0.2) is 0 Å². The van der Waals surface area contributed by atoms with Crippen molar-refractivity contribution in [2.75, 3.05) is 0 Å². The van der Waals surface area contributed by atoms with Gasteiger partial charge < -0.3 is 14.9 Å². The van der Waals surface area contributed by atoms with Crippen LogP contribution in [0.3, 0.4) is 0 Å². The molecule has 0 saturated carbocycles. The zero-order chi connectivity index (χ0) is 11.4. The van der Waals surface area contributed by atoms with Crippen LogP contribution in [0.1, 0.15) is 15.9 Å². The fourth-order valence-electron chi connectivity index (χ4n) is 1.05. The number of hydrogen-bond acceptors (Lipinski definition) is 3. The number of aliphatic hydroxyl groups is 1. The third-order valence-corrected chi connectivity index (χ3v) is 1.62. The van der Waals surface area contributed by atoms with Gasteiger partial charge in [-0.1, -0.05) is 0 Å². The van der Waals surface area contributed by atoms with Crippen molar-refractivity contribution in [2.24, 2.45) is 0 Å². The molecule has 1 rings (SSSR count). The van der Waals surface area contributed by atoms with E-state index < -0.39 is 19.2 Å². The van der Waals surface area contributed by atoms with Crippen LogP contribution in [0.5, 0.6) is 5.75 Å². The molecule has 0 radical (unpaired) electrons. The van der Waals surface area contributed by atoms with Gasteiger partial charge in [0.25, 0.3) is 0 Å². The first-order chi connectivity index (χ1) is 7.02. The summed E-state index contributed by atoms with van der Waals surface area (Å²) in [6.45, 7) is -3.47. The molecule has 2 N–H and O–H groups in total. The Morgan fingerprint density at radius 1 is 1.40 bits per heavy atom. The molecule has 0 heterocycles. The standard InChI is InChI=1S/C9H8F2O4/c10-9(11)15-7-2-5(4-12)1-6(3-7)8(13)14/h1-3,9,12H,4H2,(H,13,14). The van der Waals surface area contributed by atoms with Crippen LogP contribution >= 0.6 is 0 Å². The Labute approximate surface area is 83.7 Å². The molecule has 82 valence electrons. The first-order valence-corrected chi connectivity index (χ1v) is 3.96. The first-order valence-electron chi connectivity index (χ1n) is 3.96. The molecule has 0 aliphatic carbocycles. The van der Waals surface area contributed by atoms with Crippen molar-refractivity contribution >= 4 is 5.97 Å². The van der Waals surface area contributed by atoms with E-state index in [4.69, 9.17) is 10.2 Å². The number of aliphatic hydroxyl groups excluding tert-OH is 1. The monoisotopic (exact) mass is 218 g/mol. The second kappa shape index (κ2) is 4.70. The lowest BCUT2D eigenvalue weighted by Gasteiger charge is -2.07. The maximum atomic E-state index is 11.9. The van der Waals surface area contributed by atoms with Gasteiger partial charge in [-0.15, -0.1) is 0 Å². The smallest absolute Gasteiger partial charge is 0.387 e. The maximum absolute atomic E-state index is 11.9. The molecule has 0 aliphatic rings. The molecule has 0 unspecified atom stereocenters. The van der Waals surface area contributed by atoms with E-state index in [1.54, 1.807) is 0 Å². The van der Waals surface area contributed by atoms with Gasteiger partial charge in [-0.2, -0.15) is 8.78 Å².